The lowest BCUT2D eigenvalue weighted by Crippen LogP contribution is -2.28. The third kappa shape index (κ3) is 3.14. The molecule has 7 nitrogen and oxygen atoms in total. The summed E-state index contributed by atoms with van der Waals surface area (Å²) in [4.78, 5) is 10.7. The van der Waals surface area contributed by atoms with Crippen molar-refractivity contribution in [3.63, 3.8) is 0 Å². The number of nitrogens with one attached hydrogen (secondary N) is 1. The van der Waals surface area contributed by atoms with Gasteiger partial charge in [0.2, 0.25) is 0 Å². The summed E-state index contributed by atoms with van der Waals surface area (Å²) in [6.07, 6.45) is 3.57. The minimum Gasteiger partial charge on any atom is -0.490 e. The zero-order valence-electron chi connectivity index (χ0n) is 16.0. The molecule has 0 aliphatic carbocycles. The Morgan fingerprint density at radius 3 is 3.04 bits per heavy atom. The molecular weight excluding hydrogens is 352 g/mol. The Labute approximate surface area is 164 Å². The molecule has 1 aliphatic heterocycles. The maximum Gasteiger partial charge on any atom is 0.195 e. The van der Waals surface area contributed by atoms with E-state index in [9.17, 15) is 0 Å². The zero-order chi connectivity index (χ0) is 19.7. The summed E-state index contributed by atoms with van der Waals surface area (Å²) in [5, 5.41) is 7.70. The first-order chi connectivity index (χ1) is 13.6. The largest absolute Gasteiger partial charge is 0.490 e. The van der Waals surface area contributed by atoms with E-state index in [1.54, 1.807) is 10.7 Å². The Kier molecular flexibility index (Phi) is 4.62. The number of ether oxygens (including phenoxy) is 1. The van der Waals surface area contributed by atoms with Gasteiger partial charge in [0.05, 0.1) is 24.9 Å². The third-order valence-electron chi connectivity index (χ3n) is 4.89. The molecule has 3 heterocycles. The van der Waals surface area contributed by atoms with Crippen molar-refractivity contribution in [2.24, 2.45) is 0 Å². The number of rotatable bonds is 1. The number of nitrogens with zero attached hydrogens (tertiary/aromatic N) is 5. The van der Waals surface area contributed by atoms with Gasteiger partial charge < -0.3 is 15.0 Å². The molecule has 1 atom stereocenters. The maximum absolute atomic E-state index is 7.57. The molecule has 1 N–H and O–H groups in total. The highest BCUT2D eigenvalue weighted by molar-refractivity contribution is 5.74. The van der Waals surface area contributed by atoms with E-state index in [1.165, 1.54) is 0 Å². The van der Waals surface area contributed by atoms with Crippen molar-refractivity contribution < 1.29 is 4.74 Å². The van der Waals surface area contributed by atoms with E-state index in [2.05, 4.69) is 33.7 Å². The van der Waals surface area contributed by atoms with E-state index in [1.807, 2.05) is 37.4 Å². The molecule has 0 spiro atoms. The van der Waals surface area contributed by atoms with Crippen LogP contribution in [0.25, 0.3) is 16.2 Å². The average molecular weight is 374 g/mol. The van der Waals surface area contributed by atoms with Crippen LogP contribution in [0.2, 0.25) is 0 Å². The lowest BCUT2D eigenvalue weighted by atomic mass is 10.1. The van der Waals surface area contributed by atoms with Crippen LogP contribution in [0.5, 0.6) is 5.75 Å². The molecule has 2 aromatic heterocycles. The highest BCUT2D eigenvalue weighted by Gasteiger charge is 2.19. The van der Waals surface area contributed by atoms with Crippen molar-refractivity contribution in [2.75, 3.05) is 18.0 Å². The quantitative estimate of drug-likeness (QED) is 0.659. The lowest BCUT2D eigenvalue weighted by molar-refractivity contribution is 0.221. The van der Waals surface area contributed by atoms with Gasteiger partial charge >= 0.3 is 0 Å². The second-order valence-corrected chi connectivity index (χ2v) is 6.78. The fourth-order valence-corrected chi connectivity index (χ4v) is 3.34. The normalized spacial score (nSPS) is 17.0. The van der Waals surface area contributed by atoms with Gasteiger partial charge in [-0.05, 0) is 26.0 Å². The van der Waals surface area contributed by atoms with Crippen molar-refractivity contribution in [3.8, 4) is 5.75 Å². The predicted molar refractivity (Wildman–Crippen MR) is 110 cm³/mol. The van der Waals surface area contributed by atoms with E-state index >= 15 is 0 Å². The smallest absolute Gasteiger partial charge is 0.195 e. The standard InChI is InChI=1S/C21H22N6O/c1-5-26-13-17-18(22-4)7-6-8-19(17)28-14(2)11-23-15(3)16-12-24-27-10-9-20(26)25-21(16)27/h6-10,12,14,23H,3,5,11,13H2,1-2H3/t14-/m0/s1. The van der Waals surface area contributed by atoms with Gasteiger partial charge in [-0.15, -0.1) is 0 Å². The van der Waals surface area contributed by atoms with Crippen LogP contribution in [0.4, 0.5) is 11.5 Å². The molecule has 0 fully saturated rings. The molecule has 1 aliphatic rings. The minimum atomic E-state index is -0.102. The highest BCUT2D eigenvalue weighted by atomic mass is 16.5. The van der Waals surface area contributed by atoms with Gasteiger partial charge in [0, 0.05) is 30.5 Å². The summed E-state index contributed by atoms with van der Waals surface area (Å²) in [6.45, 7) is 17.7. The number of benzene rings is 1. The van der Waals surface area contributed by atoms with Crippen molar-refractivity contribution in [1.29, 1.82) is 0 Å². The fourth-order valence-electron chi connectivity index (χ4n) is 3.34. The van der Waals surface area contributed by atoms with E-state index in [4.69, 9.17) is 16.3 Å². The first-order valence-electron chi connectivity index (χ1n) is 9.29. The summed E-state index contributed by atoms with van der Waals surface area (Å²) >= 11 is 0. The first-order valence-corrected chi connectivity index (χ1v) is 9.29. The van der Waals surface area contributed by atoms with Crippen LogP contribution in [0.15, 0.2) is 43.2 Å². The molecular formula is C21H22N6O. The van der Waals surface area contributed by atoms with Gasteiger partial charge in [-0.2, -0.15) is 5.10 Å². The molecule has 142 valence electrons. The van der Waals surface area contributed by atoms with E-state index in [0.717, 1.165) is 40.6 Å². The van der Waals surface area contributed by atoms with Crippen LogP contribution in [0, 0.1) is 6.57 Å². The monoisotopic (exact) mass is 374 g/mol. The van der Waals surface area contributed by atoms with Crippen LogP contribution in [-0.2, 0) is 6.54 Å². The molecule has 2 bridgehead atoms. The summed E-state index contributed by atoms with van der Waals surface area (Å²) in [7, 11) is 0. The van der Waals surface area contributed by atoms with Crippen LogP contribution >= 0.6 is 0 Å². The average Bonchev–Trinajstić information content (AvgIpc) is 3.13. The number of hydrogen-bond donors (Lipinski definition) is 1. The van der Waals surface area contributed by atoms with Crippen molar-refractivity contribution >= 4 is 22.8 Å². The van der Waals surface area contributed by atoms with Crippen LogP contribution in [-0.4, -0.2) is 33.8 Å². The predicted octanol–water partition coefficient (Wildman–Crippen LogP) is 3.65. The van der Waals surface area contributed by atoms with Gasteiger partial charge in [0.1, 0.15) is 17.7 Å². The molecule has 0 amide bonds. The lowest BCUT2D eigenvalue weighted by Gasteiger charge is -2.25. The topological polar surface area (TPSA) is 59.1 Å². The molecule has 0 radical (unpaired) electrons. The Bertz CT molecular complexity index is 1080. The molecule has 1 aromatic carbocycles. The summed E-state index contributed by atoms with van der Waals surface area (Å²) in [6, 6.07) is 7.56. The SMILES string of the molecule is [C-]#[N+]c1cccc2c1CN(CC)c1ccn3ncc(c3n1)C(=C)NC[C@H](C)O2. The molecule has 4 rings (SSSR count). The van der Waals surface area contributed by atoms with Crippen molar-refractivity contribution in [2.45, 2.75) is 26.5 Å². The van der Waals surface area contributed by atoms with Gasteiger partial charge in [0.25, 0.3) is 0 Å². The molecule has 0 saturated carbocycles. The Morgan fingerprint density at radius 1 is 1.39 bits per heavy atom. The molecule has 28 heavy (non-hydrogen) atoms. The summed E-state index contributed by atoms with van der Waals surface area (Å²) < 4.78 is 7.94. The second kappa shape index (κ2) is 7.24. The third-order valence-corrected chi connectivity index (χ3v) is 4.89. The Hall–Kier alpha value is -3.53. The van der Waals surface area contributed by atoms with Crippen molar-refractivity contribution in [3.05, 3.63) is 65.8 Å². The molecule has 0 saturated heterocycles. The van der Waals surface area contributed by atoms with Crippen LogP contribution < -0.4 is 15.0 Å². The number of hydrogen-bond acceptors (Lipinski definition) is 5. The van der Waals surface area contributed by atoms with Crippen LogP contribution in [0.3, 0.4) is 0 Å². The van der Waals surface area contributed by atoms with Crippen molar-refractivity contribution in [1.82, 2.24) is 19.9 Å². The minimum absolute atomic E-state index is 0.102. The highest BCUT2D eigenvalue weighted by Crippen LogP contribution is 2.32. The fraction of sp³-hybridized carbons (Fsp3) is 0.286. The Morgan fingerprint density at radius 2 is 2.25 bits per heavy atom. The zero-order valence-corrected chi connectivity index (χ0v) is 16.0. The number of aromatic nitrogens is 3. The van der Waals surface area contributed by atoms with E-state index in [-0.39, 0.29) is 6.10 Å². The second-order valence-electron chi connectivity index (χ2n) is 6.78. The van der Waals surface area contributed by atoms with Gasteiger partial charge in [0.15, 0.2) is 11.3 Å². The summed E-state index contributed by atoms with van der Waals surface area (Å²) in [5.41, 5.74) is 3.84. The first kappa shape index (κ1) is 17.9. The molecule has 3 aromatic rings. The van der Waals surface area contributed by atoms with Gasteiger partial charge in [-0.1, -0.05) is 18.7 Å². The number of anilines is 1. The van der Waals surface area contributed by atoms with E-state index in [0.29, 0.717) is 18.8 Å². The number of fused-ring (bicyclic) bond motifs is 2. The maximum atomic E-state index is 7.57. The molecule has 0 unspecified atom stereocenters. The summed E-state index contributed by atoms with van der Waals surface area (Å²) in [5.74, 6) is 1.55. The Balaban J connectivity index is 1.88. The molecule has 7 heteroatoms. The van der Waals surface area contributed by atoms with Crippen LogP contribution in [0.1, 0.15) is 25.0 Å². The van der Waals surface area contributed by atoms with Gasteiger partial charge in [-0.3, -0.25) is 0 Å². The van der Waals surface area contributed by atoms with Gasteiger partial charge in [-0.25, -0.2) is 14.3 Å². The van der Waals surface area contributed by atoms with E-state index < -0.39 is 0 Å².